The first-order valence-electron chi connectivity index (χ1n) is 8.59. The molecule has 1 N–H and O–H groups in total. The molecule has 0 bridgehead atoms. The van der Waals surface area contributed by atoms with Gasteiger partial charge in [0.1, 0.15) is 0 Å². The smallest absolute Gasteiger partial charge is 0.224 e. The Kier molecular flexibility index (Phi) is 6.26. The summed E-state index contributed by atoms with van der Waals surface area (Å²) in [4.78, 5) is 26.5. The van der Waals surface area contributed by atoms with Crippen LogP contribution >= 0.6 is 11.6 Å². The Morgan fingerprint density at radius 3 is 2.31 bits per heavy atom. The molecule has 0 aromatic heterocycles. The lowest BCUT2D eigenvalue weighted by molar-refractivity contribution is -0.120. The van der Waals surface area contributed by atoms with Gasteiger partial charge in [-0.2, -0.15) is 0 Å². The molecule has 0 saturated carbocycles. The fourth-order valence-corrected chi connectivity index (χ4v) is 2.94. The largest absolute Gasteiger partial charge is 0.378 e. The van der Waals surface area contributed by atoms with Crippen LogP contribution in [0, 0.1) is 0 Å². The second-order valence-electron chi connectivity index (χ2n) is 6.15. The van der Waals surface area contributed by atoms with Gasteiger partial charge in [-0.3, -0.25) is 9.59 Å². The Hall–Kier alpha value is -2.37. The normalized spacial score (nSPS) is 14.1. The predicted octanol–water partition coefficient (Wildman–Crippen LogP) is 2.72. The maximum atomic E-state index is 12.3. The van der Waals surface area contributed by atoms with Crippen LogP contribution in [0.25, 0.3) is 0 Å². The average molecular weight is 373 g/mol. The molecule has 1 saturated heterocycles. The third-order valence-corrected chi connectivity index (χ3v) is 4.54. The number of benzene rings is 2. The zero-order chi connectivity index (χ0) is 18.4. The predicted molar refractivity (Wildman–Crippen MR) is 102 cm³/mol. The minimum atomic E-state index is -0.189. The van der Waals surface area contributed by atoms with Gasteiger partial charge in [0.05, 0.1) is 26.2 Å². The van der Waals surface area contributed by atoms with Crippen LogP contribution in [0.1, 0.15) is 15.9 Å². The number of halogens is 1. The van der Waals surface area contributed by atoms with Crippen LogP contribution < -0.4 is 10.2 Å². The monoisotopic (exact) mass is 372 g/mol. The van der Waals surface area contributed by atoms with E-state index in [4.69, 9.17) is 16.3 Å². The molecule has 0 unspecified atom stereocenters. The third kappa shape index (κ3) is 5.07. The molecule has 3 rings (SSSR count). The highest BCUT2D eigenvalue weighted by Gasteiger charge is 2.13. The van der Waals surface area contributed by atoms with Crippen molar-refractivity contribution in [2.45, 2.75) is 6.42 Å². The van der Waals surface area contributed by atoms with Crippen molar-refractivity contribution in [1.29, 1.82) is 0 Å². The Morgan fingerprint density at radius 2 is 1.65 bits per heavy atom. The van der Waals surface area contributed by atoms with Crippen molar-refractivity contribution in [2.75, 3.05) is 37.7 Å². The second kappa shape index (κ2) is 8.83. The van der Waals surface area contributed by atoms with Crippen LogP contribution in [0.2, 0.25) is 5.02 Å². The van der Waals surface area contributed by atoms with Gasteiger partial charge in [-0.1, -0.05) is 23.7 Å². The van der Waals surface area contributed by atoms with Crippen molar-refractivity contribution in [1.82, 2.24) is 5.32 Å². The number of nitrogens with one attached hydrogen (secondary N) is 1. The number of hydrogen-bond donors (Lipinski definition) is 1. The van der Waals surface area contributed by atoms with E-state index in [1.807, 2.05) is 12.1 Å². The number of anilines is 1. The van der Waals surface area contributed by atoms with Gasteiger partial charge in [0.2, 0.25) is 5.91 Å². The van der Waals surface area contributed by atoms with Crippen LogP contribution in [0.4, 0.5) is 5.69 Å². The van der Waals surface area contributed by atoms with E-state index in [2.05, 4.69) is 10.2 Å². The molecule has 1 heterocycles. The molecule has 0 spiro atoms. The third-order valence-electron chi connectivity index (χ3n) is 4.29. The highest BCUT2D eigenvalue weighted by molar-refractivity contribution is 6.30. The number of ether oxygens (including phenoxy) is 1. The molecule has 6 heteroatoms. The summed E-state index contributed by atoms with van der Waals surface area (Å²) in [5, 5.41) is 3.30. The van der Waals surface area contributed by atoms with E-state index in [9.17, 15) is 9.59 Å². The maximum absolute atomic E-state index is 12.3. The maximum Gasteiger partial charge on any atom is 0.224 e. The number of nitrogens with zero attached hydrogens (tertiary/aromatic N) is 1. The van der Waals surface area contributed by atoms with Crippen molar-refractivity contribution < 1.29 is 14.3 Å². The lowest BCUT2D eigenvalue weighted by Crippen LogP contribution is -2.36. The molecule has 2 aromatic carbocycles. The topological polar surface area (TPSA) is 58.6 Å². The highest BCUT2D eigenvalue weighted by Crippen LogP contribution is 2.17. The van der Waals surface area contributed by atoms with Crippen molar-refractivity contribution in [2.24, 2.45) is 0 Å². The highest BCUT2D eigenvalue weighted by atomic mass is 35.5. The van der Waals surface area contributed by atoms with Gasteiger partial charge in [-0.15, -0.1) is 0 Å². The van der Waals surface area contributed by atoms with E-state index in [1.165, 1.54) is 0 Å². The first-order valence-corrected chi connectivity index (χ1v) is 8.97. The van der Waals surface area contributed by atoms with E-state index < -0.39 is 0 Å². The number of hydrogen-bond acceptors (Lipinski definition) is 4. The molecule has 1 amide bonds. The standard InChI is InChI=1S/C20H21ClN2O3/c21-17-5-1-15(2-6-17)13-20(25)22-14-19(24)16-3-7-18(8-4-16)23-9-11-26-12-10-23/h1-8H,9-14H2,(H,22,25). The fourth-order valence-electron chi connectivity index (χ4n) is 2.81. The van der Waals surface area contributed by atoms with Crippen molar-refractivity contribution >= 4 is 29.0 Å². The van der Waals surface area contributed by atoms with E-state index in [0.29, 0.717) is 10.6 Å². The zero-order valence-electron chi connectivity index (χ0n) is 14.4. The molecular formula is C20H21ClN2O3. The van der Waals surface area contributed by atoms with E-state index in [0.717, 1.165) is 37.6 Å². The SMILES string of the molecule is O=C(Cc1ccc(Cl)cc1)NCC(=O)c1ccc(N2CCOCC2)cc1. The minimum absolute atomic E-state index is 0.0106. The molecule has 1 fully saturated rings. The van der Waals surface area contributed by atoms with Gasteiger partial charge >= 0.3 is 0 Å². The van der Waals surface area contributed by atoms with Crippen LogP contribution in [0.3, 0.4) is 0 Å². The average Bonchev–Trinajstić information content (AvgIpc) is 2.69. The number of carbonyl (C=O) groups is 2. The molecule has 0 atom stereocenters. The summed E-state index contributed by atoms with van der Waals surface area (Å²) in [7, 11) is 0. The summed E-state index contributed by atoms with van der Waals surface area (Å²) in [5.41, 5.74) is 2.53. The van der Waals surface area contributed by atoms with Gasteiger partial charge in [-0.05, 0) is 42.0 Å². The van der Waals surface area contributed by atoms with Crippen molar-refractivity contribution in [3.63, 3.8) is 0 Å². The summed E-state index contributed by atoms with van der Waals surface area (Å²) in [6.45, 7) is 3.14. The fraction of sp³-hybridized carbons (Fsp3) is 0.300. The Balaban J connectivity index is 1.49. The van der Waals surface area contributed by atoms with Gasteiger partial charge in [0, 0.05) is 29.4 Å². The lowest BCUT2D eigenvalue weighted by Gasteiger charge is -2.28. The van der Waals surface area contributed by atoms with Crippen LogP contribution in [-0.2, 0) is 16.0 Å². The molecule has 0 aliphatic carbocycles. The summed E-state index contributed by atoms with van der Waals surface area (Å²) < 4.78 is 5.34. The number of morpholine rings is 1. The summed E-state index contributed by atoms with van der Waals surface area (Å²) in [6, 6.07) is 14.6. The minimum Gasteiger partial charge on any atom is -0.378 e. The van der Waals surface area contributed by atoms with Gasteiger partial charge in [0.15, 0.2) is 5.78 Å². The summed E-state index contributed by atoms with van der Waals surface area (Å²) in [5.74, 6) is -0.298. The van der Waals surface area contributed by atoms with Crippen LogP contribution in [0.5, 0.6) is 0 Å². The molecule has 1 aliphatic rings. The van der Waals surface area contributed by atoms with E-state index in [1.54, 1.807) is 36.4 Å². The van der Waals surface area contributed by atoms with Crippen molar-refractivity contribution in [3.05, 3.63) is 64.7 Å². The van der Waals surface area contributed by atoms with E-state index >= 15 is 0 Å². The number of ketones is 1. The van der Waals surface area contributed by atoms with Gasteiger partial charge in [0.25, 0.3) is 0 Å². The van der Waals surface area contributed by atoms with Gasteiger partial charge < -0.3 is 15.0 Å². The number of rotatable bonds is 6. The molecule has 26 heavy (non-hydrogen) atoms. The molecule has 0 radical (unpaired) electrons. The molecular weight excluding hydrogens is 352 g/mol. The quantitative estimate of drug-likeness (QED) is 0.792. The Bertz CT molecular complexity index is 754. The molecule has 1 aliphatic heterocycles. The second-order valence-corrected chi connectivity index (χ2v) is 6.59. The zero-order valence-corrected chi connectivity index (χ0v) is 15.2. The van der Waals surface area contributed by atoms with Crippen LogP contribution in [0.15, 0.2) is 48.5 Å². The van der Waals surface area contributed by atoms with Crippen LogP contribution in [-0.4, -0.2) is 44.5 Å². The first kappa shape index (κ1) is 18.4. The number of amides is 1. The van der Waals surface area contributed by atoms with E-state index in [-0.39, 0.29) is 24.7 Å². The summed E-state index contributed by atoms with van der Waals surface area (Å²) >= 11 is 5.82. The number of Topliss-reactive ketones (excluding diaryl/α,β-unsaturated/α-hetero) is 1. The number of carbonyl (C=O) groups excluding carboxylic acids is 2. The Morgan fingerprint density at radius 1 is 1.00 bits per heavy atom. The summed E-state index contributed by atoms with van der Waals surface area (Å²) in [6.07, 6.45) is 0.223. The first-order chi connectivity index (χ1) is 12.6. The molecule has 136 valence electrons. The molecule has 5 nitrogen and oxygen atoms in total. The lowest BCUT2D eigenvalue weighted by atomic mass is 10.1. The van der Waals surface area contributed by atoms with Crippen molar-refractivity contribution in [3.8, 4) is 0 Å². The Labute approximate surface area is 157 Å². The molecule has 2 aromatic rings. The van der Waals surface area contributed by atoms with Gasteiger partial charge in [-0.25, -0.2) is 0 Å².